The molecule has 2 saturated heterocycles. The monoisotopic (exact) mass is 667 g/mol. The van der Waals surface area contributed by atoms with E-state index in [1.54, 1.807) is 42.3 Å². The summed E-state index contributed by atoms with van der Waals surface area (Å²) in [5, 5.41) is 12.3. The van der Waals surface area contributed by atoms with Gasteiger partial charge in [-0.05, 0) is 80.6 Å². The van der Waals surface area contributed by atoms with Crippen LogP contribution in [0.3, 0.4) is 0 Å². The van der Waals surface area contributed by atoms with Gasteiger partial charge in [-0.1, -0.05) is 19.3 Å². The molecule has 0 unspecified atom stereocenters. The SMILES string of the molecule is CNC(=O)C1CCN(c2ccc(N3CCCC3=O)cc2COc2ccc(-c3nc4cc(C(=O)O)ccc4n3C3CCCCC3)c(F)c2)CC1. The van der Waals surface area contributed by atoms with Crippen LogP contribution in [-0.4, -0.2) is 59.1 Å². The zero-order chi connectivity index (χ0) is 34.1. The van der Waals surface area contributed by atoms with Gasteiger partial charge in [0.1, 0.15) is 24.0 Å². The van der Waals surface area contributed by atoms with E-state index in [1.807, 2.05) is 18.2 Å². The molecule has 10 nitrogen and oxygen atoms in total. The summed E-state index contributed by atoms with van der Waals surface area (Å²) in [5.74, 6) is -0.512. The minimum atomic E-state index is -1.03. The van der Waals surface area contributed by atoms with Crippen molar-refractivity contribution in [3.63, 3.8) is 0 Å². The molecule has 3 fully saturated rings. The molecule has 11 heteroatoms. The van der Waals surface area contributed by atoms with Crippen molar-refractivity contribution in [2.75, 3.05) is 36.5 Å². The fraction of sp³-hybridized carbons (Fsp3) is 0.421. The van der Waals surface area contributed by atoms with E-state index in [0.29, 0.717) is 48.7 Å². The Morgan fingerprint density at radius 3 is 2.45 bits per heavy atom. The molecule has 2 N–H and O–H groups in total. The molecular formula is C38H42FN5O5. The number of carboxylic acids is 1. The van der Waals surface area contributed by atoms with Gasteiger partial charge in [0.25, 0.3) is 0 Å². The first-order chi connectivity index (χ1) is 23.8. The predicted molar refractivity (Wildman–Crippen MR) is 186 cm³/mol. The van der Waals surface area contributed by atoms with Gasteiger partial charge in [-0.3, -0.25) is 9.59 Å². The molecule has 2 aliphatic heterocycles. The van der Waals surface area contributed by atoms with E-state index >= 15 is 4.39 Å². The summed E-state index contributed by atoms with van der Waals surface area (Å²) in [5.41, 5.74) is 4.49. The van der Waals surface area contributed by atoms with E-state index < -0.39 is 11.8 Å². The molecule has 256 valence electrons. The Kier molecular flexibility index (Phi) is 9.25. The number of hydrogen-bond donors (Lipinski definition) is 2. The number of nitrogens with zero attached hydrogens (tertiary/aromatic N) is 4. The highest BCUT2D eigenvalue weighted by Crippen LogP contribution is 2.38. The van der Waals surface area contributed by atoms with Crippen LogP contribution < -0.4 is 19.9 Å². The maximum atomic E-state index is 16.0. The molecule has 49 heavy (non-hydrogen) atoms. The number of hydrogen-bond acceptors (Lipinski definition) is 6. The summed E-state index contributed by atoms with van der Waals surface area (Å²) in [6, 6.07) is 15.9. The van der Waals surface area contributed by atoms with E-state index in [1.165, 1.54) is 6.07 Å². The van der Waals surface area contributed by atoms with Gasteiger partial charge in [0.2, 0.25) is 11.8 Å². The number of aromatic carboxylic acids is 1. The minimum absolute atomic E-state index is 0.0190. The van der Waals surface area contributed by atoms with Gasteiger partial charge in [0.15, 0.2) is 0 Å². The van der Waals surface area contributed by atoms with Crippen LogP contribution in [0.2, 0.25) is 0 Å². The first-order valence-electron chi connectivity index (χ1n) is 17.4. The lowest BCUT2D eigenvalue weighted by molar-refractivity contribution is -0.125. The van der Waals surface area contributed by atoms with Gasteiger partial charge in [0.05, 0.1) is 22.2 Å². The van der Waals surface area contributed by atoms with Crippen molar-refractivity contribution in [2.24, 2.45) is 5.92 Å². The summed E-state index contributed by atoms with van der Waals surface area (Å²) >= 11 is 0. The van der Waals surface area contributed by atoms with Crippen molar-refractivity contribution in [1.29, 1.82) is 0 Å². The second kappa shape index (κ2) is 13.9. The normalized spacial score (nSPS) is 17.6. The van der Waals surface area contributed by atoms with E-state index in [0.717, 1.165) is 73.8 Å². The quantitative estimate of drug-likeness (QED) is 0.204. The second-order valence-corrected chi connectivity index (χ2v) is 13.4. The maximum Gasteiger partial charge on any atom is 0.335 e. The van der Waals surface area contributed by atoms with Crippen LogP contribution in [-0.2, 0) is 16.2 Å². The number of rotatable bonds is 9. The summed E-state index contributed by atoms with van der Waals surface area (Å²) in [4.78, 5) is 45.3. The zero-order valence-corrected chi connectivity index (χ0v) is 27.8. The van der Waals surface area contributed by atoms with Gasteiger partial charge in [-0.2, -0.15) is 0 Å². The Morgan fingerprint density at radius 1 is 0.959 bits per heavy atom. The van der Waals surface area contributed by atoms with Crippen LogP contribution in [0.5, 0.6) is 5.75 Å². The molecule has 4 aromatic rings. The fourth-order valence-corrected chi connectivity index (χ4v) is 7.73. The molecular weight excluding hydrogens is 625 g/mol. The molecule has 2 amide bonds. The number of aromatic nitrogens is 2. The lowest BCUT2D eigenvalue weighted by Crippen LogP contribution is -2.40. The molecule has 1 aliphatic carbocycles. The van der Waals surface area contributed by atoms with E-state index in [2.05, 4.69) is 14.8 Å². The topological polar surface area (TPSA) is 117 Å². The lowest BCUT2D eigenvalue weighted by atomic mass is 9.94. The highest BCUT2D eigenvalue weighted by molar-refractivity contribution is 5.96. The Balaban J connectivity index is 1.17. The predicted octanol–water partition coefficient (Wildman–Crippen LogP) is 6.71. The Bertz CT molecular complexity index is 1890. The zero-order valence-electron chi connectivity index (χ0n) is 27.8. The van der Waals surface area contributed by atoms with Crippen molar-refractivity contribution in [2.45, 2.75) is 70.4 Å². The number of halogens is 1. The van der Waals surface area contributed by atoms with Gasteiger partial charge in [-0.25, -0.2) is 14.2 Å². The molecule has 0 bridgehead atoms. The molecule has 3 aliphatic rings. The average Bonchev–Trinajstić information content (AvgIpc) is 3.73. The number of carbonyl (C=O) groups is 3. The van der Waals surface area contributed by atoms with Crippen molar-refractivity contribution >= 4 is 40.2 Å². The molecule has 0 atom stereocenters. The van der Waals surface area contributed by atoms with Crippen LogP contribution in [0.4, 0.5) is 15.8 Å². The Labute approximate surface area is 284 Å². The van der Waals surface area contributed by atoms with Crippen LogP contribution >= 0.6 is 0 Å². The van der Waals surface area contributed by atoms with Crippen LogP contribution in [0, 0.1) is 11.7 Å². The number of anilines is 2. The molecule has 3 heterocycles. The molecule has 0 radical (unpaired) electrons. The Morgan fingerprint density at radius 2 is 1.76 bits per heavy atom. The largest absolute Gasteiger partial charge is 0.489 e. The van der Waals surface area contributed by atoms with Gasteiger partial charge in [0, 0.05) is 68.1 Å². The highest BCUT2D eigenvalue weighted by atomic mass is 19.1. The molecule has 0 spiro atoms. The van der Waals surface area contributed by atoms with Crippen molar-refractivity contribution < 1.29 is 28.6 Å². The number of amides is 2. The van der Waals surface area contributed by atoms with Crippen molar-refractivity contribution in [3.05, 3.63) is 71.5 Å². The molecule has 7 rings (SSSR count). The van der Waals surface area contributed by atoms with Crippen LogP contribution in [0.25, 0.3) is 22.4 Å². The first kappa shape index (κ1) is 32.6. The minimum Gasteiger partial charge on any atom is -0.489 e. The standard InChI is InChI=1S/C38H42FN5O5/c1-40-37(46)24-15-18-42(19-16-24)33-14-10-28(43-17-5-8-35(43)45)20-26(33)23-49-29-11-12-30(31(39)22-29)36-41-32-21-25(38(47)48)9-13-34(32)44(36)27-6-3-2-4-7-27/h9-14,20-22,24,27H,2-8,15-19,23H2,1H3,(H,40,46)(H,47,48). The van der Waals surface area contributed by atoms with E-state index in [9.17, 15) is 19.5 Å². The number of imidazole rings is 1. The number of carboxylic acid groups (broad SMARTS) is 1. The fourth-order valence-electron chi connectivity index (χ4n) is 7.73. The maximum absolute atomic E-state index is 16.0. The third kappa shape index (κ3) is 6.58. The smallest absolute Gasteiger partial charge is 0.335 e. The third-order valence-electron chi connectivity index (χ3n) is 10.4. The van der Waals surface area contributed by atoms with Crippen molar-refractivity contribution in [1.82, 2.24) is 14.9 Å². The lowest BCUT2D eigenvalue weighted by Gasteiger charge is -2.34. The first-order valence-corrected chi connectivity index (χ1v) is 17.4. The van der Waals surface area contributed by atoms with E-state index in [4.69, 9.17) is 9.72 Å². The number of nitrogens with one attached hydrogen (secondary N) is 1. The highest BCUT2D eigenvalue weighted by Gasteiger charge is 2.28. The van der Waals surface area contributed by atoms with Crippen LogP contribution in [0.1, 0.15) is 79.8 Å². The number of fused-ring (bicyclic) bond motifs is 1. The number of carbonyl (C=O) groups excluding carboxylic acids is 2. The summed E-state index contributed by atoms with van der Waals surface area (Å²) < 4.78 is 24.4. The summed E-state index contributed by atoms with van der Waals surface area (Å²) in [6.45, 7) is 2.27. The van der Waals surface area contributed by atoms with Gasteiger partial charge in [-0.15, -0.1) is 0 Å². The summed E-state index contributed by atoms with van der Waals surface area (Å²) in [7, 11) is 1.67. The average molecular weight is 668 g/mol. The Hall–Kier alpha value is -4.93. The second-order valence-electron chi connectivity index (χ2n) is 13.4. The molecule has 1 aromatic heterocycles. The molecule has 1 saturated carbocycles. The number of benzene rings is 3. The number of piperidine rings is 1. The van der Waals surface area contributed by atoms with Crippen molar-refractivity contribution in [3.8, 4) is 17.1 Å². The number of ether oxygens (including phenoxy) is 1. The summed E-state index contributed by atoms with van der Waals surface area (Å²) in [6.07, 6.45) is 8.05. The van der Waals surface area contributed by atoms with Gasteiger partial charge < -0.3 is 29.5 Å². The van der Waals surface area contributed by atoms with Gasteiger partial charge >= 0.3 is 5.97 Å². The third-order valence-corrected chi connectivity index (χ3v) is 10.4. The van der Waals surface area contributed by atoms with Crippen LogP contribution in [0.15, 0.2) is 54.6 Å². The van der Waals surface area contributed by atoms with E-state index in [-0.39, 0.29) is 35.9 Å². The molecule has 3 aromatic carbocycles.